The van der Waals surface area contributed by atoms with Crippen molar-refractivity contribution in [3.05, 3.63) is 52.7 Å². The lowest BCUT2D eigenvalue weighted by atomic mass is 9.86. The van der Waals surface area contributed by atoms with Crippen LogP contribution in [0.2, 0.25) is 5.02 Å². The maximum absolute atomic E-state index is 11.7. The number of Topliss-reactive ketones (excluding diaryl/α,β-unsaturated/α-hetero) is 1. The van der Waals surface area contributed by atoms with E-state index in [1.807, 2.05) is 24.3 Å². The molecule has 5 rings (SSSR count). The maximum Gasteiger partial charge on any atom is 0.168 e. The molecule has 0 radical (unpaired) electrons. The maximum atomic E-state index is 11.7. The van der Waals surface area contributed by atoms with E-state index in [-0.39, 0.29) is 11.8 Å². The molecule has 174 valence electrons. The third kappa shape index (κ3) is 4.22. The van der Waals surface area contributed by atoms with Crippen LogP contribution < -0.4 is 9.47 Å². The zero-order valence-electron chi connectivity index (χ0n) is 19.2. The lowest BCUT2D eigenvalue weighted by Crippen LogP contribution is -2.49. The topological polar surface area (TPSA) is 64.8 Å². The third-order valence-corrected chi connectivity index (χ3v) is 7.43. The first-order chi connectivity index (χ1) is 15.9. The molecule has 2 aromatic carbocycles. The number of rotatable bonds is 7. The second-order valence-electron chi connectivity index (χ2n) is 9.29. The summed E-state index contributed by atoms with van der Waals surface area (Å²) in [5.41, 5.74) is 2.45. The summed E-state index contributed by atoms with van der Waals surface area (Å²) in [6.07, 6.45) is 4.54. The summed E-state index contributed by atoms with van der Waals surface area (Å²) in [6.45, 7) is 4.35. The Morgan fingerprint density at radius 1 is 1.18 bits per heavy atom. The van der Waals surface area contributed by atoms with Crippen LogP contribution in [0.5, 0.6) is 11.5 Å². The Kier molecular flexibility index (Phi) is 6.06. The van der Waals surface area contributed by atoms with E-state index in [0.717, 1.165) is 29.5 Å². The average Bonchev–Trinajstić information content (AvgIpc) is 3.34. The number of ketones is 1. The van der Waals surface area contributed by atoms with Gasteiger partial charge in [-0.15, -0.1) is 0 Å². The summed E-state index contributed by atoms with van der Waals surface area (Å²) >= 11 is 6.11. The van der Waals surface area contributed by atoms with Gasteiger partial charge in [-0.05, 0) is 69.9 Å². The molecular formula is C26H29ClN2O4. The predicted molar refractivity (Wildman–Crippen MR) is 128 cm³/mol. The Balaban J connectivity index is 1.27. The molecule has 2 aliphatic heterocycles. The lowest BCUT2D eigenvalue weighted by molar-refractivity contribution is 0.0566. The summed E-state index contributed by atoms with van der Waals surface area (Å²) in [5.74, 6) is 1.67. The molecule has 0 spiro atoms. The fraction of sp³-hybridized carbons (Fsp3) is 0.462. The largest absolute Gasteiger partial charge is 0.493 e. The molecule has 3 atom stereocenters. The molecule has 2 saturated heterocycles. The molecule has 2 fully saturated rings. The molecule has 33 heavy (non-hydrogen) atoms. The van der Waals surface area contributed by atoms with Crippen molar-refractivity contribution >= 4 is 28.4 Å². The second kappa shape index (κ2) is 8.99. The van der Waals surface area contributed by atoms with E-state index in [4.69, 9.17) is 25.6 Å². The summed E-state index contributed by atoms with van der Waals surface area (Å²) in [6, 6.07) is 12.4. The number of hydrogen-bond donors (Lipinski definition) is 0. The molecule has 6 nitrogen and oxygen atoms in total. The first-order valence-electron chi connectivity index (χ1n) is 11.6. The van der Waals surface area contributed by atoms with Crippen molar-refractivity contribution in [1.29, 1.82) is 0 Å². The van der Waals surface area contributed by atoms with E-state index in [2.05, 4.69) is 17.0 Å². The number of nitrogens with zero attached hydrogens (tertiary/aromatic N) is 2. The molecule has 3 unspecified atom stereocenters. The van der Waals surface area contributed by atoms with Crippen LogP contribution in [0.1, 0.15) is 61.5 Å². The fourth-order valence-corrected chi connectivity index (χ4v) is 5.85. The molecular weight excluding hydrogens is 440 g/mol. The van der Waals surface area contributed by atoms with Crippen LogP contribution in [0.15, 0.2) is 40.9 Å². The van der Waals surface area contributed by atoms with E-state index in [9.17, 15) is 4.79 Å². The summed E-state index contributed by atoms with van der Waals surface area (Å²) < 4.78 is 17.2. The highest BCUT2D eigenvalue weighted by Crippen LogP contribution is 2.45. The number of halogens is 1. The van der Waals surface area contributed by atoms with Crippen LogP contribution in [-0.4, -0.2) is 47.7 Å². The van der Waals surface area contributed by atoms with Crippen LogP contribution >= 0.6 is 11.6 Å². The fourth-order valence-electron chi connectivity index (χ4n) is 5.68. The zero-order valence-corrected chi connectivity index (χ0v) is 20.0. The molecule has 2 bridgehead atoms. The molecule has 2 aliphatic rings. The summed E-state index contributed by atoms with van der Waals surface area (Å²) in [7, 11) is 1.60. The minimum atomic E-state index is 0.00986. The molecule has 0 saturated carbocycles. The van der Waals surface area contributed by atoms with Crippen LogP contribution in [-0.2, 0) is 0 Å². The molecule has 7 heteroatoms. The number of carbonyl (C=O) groups excluding carboxylic acids is 1. The van der Waals surface area contributed by atoms with Gasteiger partial charge in [-0.1, -0.05) is 16.8 Å². The van der Waals surface area contributed by atoms with E-state index in [1.165, 1.54) is 12.8 Å². The van der Waals surface area contributed by atoms with E-state index in [1.54, 1.807) is 26.2 Å². The number of piperidine rings is 1. The van der Waals surface area contributed by atoms with Crippen molar-refractivity contribution in [3.63, 3.8) is 0 Å². The minimum absolute atomic E-state index is 0.00986. The highest BCUT2D eigenvalue weighted by Gasteiger charge is 2.44. The van der Waals surface area contributed by atoms with Crippen molar-refractivity contribution in [2.75, 3.05) is 13.7 Å². The van der Waals surface area contributed by atoms with E-state index < -0.39 is 0 Å². The number of aromatic nitrogens is 1. The Labute approximate surface area is 198 Å². The van der Waals surface area contributed by atoms with Gasteiger partial charge >= 0.3 is 0 Å². The van der Waals surface area contributed by atoms with Crippen LogP contribution in [0.25, 0.3) is 11.0 Å². The van der Waals surface area contributed by atoms with Gasteiger partial charge in [-0.25, -0.2) is 0 Å². The van der Waals surface area contributed by atoms with Crippen molar-refractivity contribution in [1.82, 2.24) is 10.1 Å². The van der Waals surface area contributed by atoms with Crippen molar-refractivity contribution in [2.24, 2.45) is 0 Å². The molecule has 0 amide bonds. The average molecular weight is 469 g/mol. The van der Waals surface area contributed by atoms with Crippen molar-refractivity contribution in [2.45, 2.75) is 63.6 Å². The molecule has 3 heterocycles. The Bertz CT molecular complexity index is 1160. The van der Waals surface area contributed by atoms with Gasteiger partial charge in [-0.3, -0.25) is 9.69 Å². The smallest absolute Gasteiger partial charge is 0.168 e. The summed E-state index contributed by atoms with van der Waals surface area (Å²) in [5, 5.41) is 6.17. The molecule has 3 aromatic rings. The van der Waals surface area contributed by atoms with Crippen LogP contribution in [0.3, 0.4) is 0 Å². The van der Waals surface area contributed by atoms with Gasteiger partial charge in [0.15, 0.2) is 22.9 Å². The highest BCUT2D eigenvalue weighted by molar-refractivity contribution is 6.31. The molecule has 1 aromatic heterocycles. The van der Waals surface area contributed by atoms with Gasteiger partial charge in [-0.2, -0.15) is 0 Å². The lowest BCUT2D eigenvalue weighted by Gasteiger charge is -2.42. The van der Waals surface area contributed by atoms with Crippen LogP contribution in [0, 0.1) is 0 Å². The number of hydrogen-bond acceptors (Lipinski definition) is 6. The monoisotopic (exact) mass is 468 g/mol. The Morgan fingerprint density at radius 3 is 2.64 bits per heavy atom. The van der Waals surface area contributed by atoms with Gasteiger partial charge in [0.05, 0.1) is 12.8 Å². The van der Waals surface area contributed by atoms with Gasteiger partial charge in [0.25, 0.3) is 0 Å². The quantitative estimate of drug-likeness (QED) is 0.404. The first-order valence-corrected chi connectivity index (χ1v) is 12.0. The van der Waals surface area contributed by atoms with Gasteiger partial charge in [0.2, 0.25) is 0 Å². The standard InChI is InChI=1S/C26H29ClN2O4/c1-15(14-32-23-9-4-17(16(2)30)12-25(23)31-3)29-20-6-7-21(29)11-18(10-20)26-22-8-5-19(27)13-24(22)33-28-26/h4-5,8-9,12-13,15,18,20-21H,6-7,10-11,14H2,1-3H3. The Morgan fingerprint density at radius 2 is 1.94 bits per heavy atom. The highest BCUT2D eigenvalue weighted by atomic mass is 35.5. The van der Waals surface area contributed by atoms with Crippen molar-refractivity contribution in [3.8, 4) is 11.5 Å². The number of carbonyl (C=O) groups is 1. The Hall–Kier alpha value is -2.57. The molecule has 0 aliphatic carbocycles. The predicted octanol–water partition coefficient (Wildman–Crippen LogP) is 5.87. The molecule has 0 N–H and O–H groups in total. The third-order valence-electron chi connectivity index (χ3n) is 7.20. The van der Waals surface area contributed by atoms with Gasteiger partial charge < -0.3 is 14.0 Å². The SMILES string of the molecule is COc1cc(C(C)=O)ccc1OCC(C)N1C2CCC1CC(c1noc3cc(Cl)ccc13)C2. The van der Waals surface area contributed by atoms with Crippen LogP contribution in [0.4, 0.5) is 0 Å². The number of fused-ring (bicyclic) bond motifs is 3. The second-order valence-corrected chi connectivity index (χ2v) is 9.73. The van der Waals surface area contributed by atoms with E-state index >= 15 is 0 Å². The van der Waals surface area contributed by atoms with E-state index in [0.29, 0.717) is 46.7 Å². The van der Waals surface area contributed by atoms with Crippen molar-refractivity contribution < 1.29 is 18.8 Å². The van der Waals surface area contributed by atoms with Gasteiger partial charge in [0.1, 0.15) is 6.61 Å². The number of benzene rings is 2. The first kappa shape index (κ1) is 22.2. The minimum Gasteiger partial charge on any atom is -0.493 e. The zero-order chi connectivity index (χ0) is 23.1. The summed E-state index contributed by atoms with van der Waals surface area (Å²) in [4.78, 5) is 14.3. The number of ether oxygens (including phenoxy) is 2. The van der Waals surface area contributed by atoms with Gasteiger partial charge in [0, 0.05) is 46.1 Å². The normalized spacial score (nSPS) is 23.6. The number of methoxy groups -OCH3 is 1.